The van der Waals surface area contributed by atoms with E-state index in [9.17, 15) is 4.79 Å². The van der Waals surface area contributed by atoms with Gasteiger partial charge in [0.2, 0.25) is 0 Å². The minimum atomic E-state index is -0.721. The van der Waals surface area contributed by atoms with E-state index >= 15 is 0 Å². The van der Waals surface area contributed by atoms with Gasteiger partial charge >= 0.3 is 5.97 Å². The van der Waals surface area contributed by atoms with Crippen LogP contribution in [-0.4, -0.2) is 5.97 Å². The van der Waals surface area contributed by atoms with Gasteiger partial charge < -0.3 is 4.74 Å². The third-order valence-electron chi connectivity index (χ3n) is 4.40. The molecule has 0 aromatic heterocycles. The molecule has 0 bridgehead atoms. The van der Waals surface area contributed by atoms with Crippen molar-refractivity contribution < 1.29 is 9.53 Å². The van der Waals surface area contributed by atoms with Crippen molar-refractivity contribution in [1.29, 1.82) is 0 Å². The molecule has 0 aliphatic heterocycles. The Kier molecular flexibility index (Phi) is 3.61. The van der Waals surface area contributed by atoms with Crippen molar-refractivity contribution in [2.75, 3.05) is 0 Å². The number of carbonyl (C=O) groups excluding carboxylic acids is 1. The van der Waals surface area contributed by atoms with Crippen LogP contribution in [0.5, 0.6) is 0 Å². The predicted molar refractivity (Wildman–Crippen MR) is 87.7 cm³/mol. The zero-order valence-electron chi connectivity index (χ0n) is 13.1. The molecule has 0 amide bonds. The molecule has 22 heavy (non-hydrogen) atoms. The Morgan fingerprint density at radius 2 is 1.59 bits per heavy atom. The molecular weight excluding hydrogens is 272 g/mol. The number of fused-ring (bicyclic) bond motifs is 2. The first-order chi connectivity index (χ1) is 10.6. The highest BCUT2D eigenvalue weighted by molar-refractivity contribution is 5.87. The average Bonchev–Trinajstić information content (AvgIpc) is 2.54. The first-order valence-corrected chi connectivity index (χ1v) is 7.64. The van der Waals surface area contributed by atoms with Gasteiger partial charge in [-0.15, -0.1) is 0 Å². The highest BCUT2D eigenvalue weighted by Gasteiger charge is 2.42. The SMILES string of the molecule is C=C(C)C(=O)OC1(CC)c2ccccc2Cc2ccccc21. The third-order valence-corrected chi connectivity index (χ3v) is 4.40. The fourth-order valence-corrected chi connectivity index (χ4v) is 3.30. The molecule has 2 aromatic rings. The second-order valence-corrected chi connectivity index (χ2v) is 5.84. The molecule has 3 rings (SSSR count). The molecule has 0 heterocycles. The Labute approximate surface area is 131 Å². The maximum Gasteiger partial charge on any atom is 0.334 e. The minimum absolute atomic E-state index is 0.339. The van der Waals surface area contributed by atoms with E-state index < -0.39 is 5.60 Å². The molecule has 0 N–H and O–H groups in total. The molecule has 0 saturated heterocycles. The lowest BCUT2D eigenvalue weighted by Crippen LogP contribution is -2.37. The highest BCUT2D eigenvalue weighted by atomic mass is 16.6. The molecule has 0 spiro atoms. The molecule has 0 atom stereocenters. The number of esters is 1. The molecule has 0 saturated carbocycles. The number of rotatable bonds is 3. The molecule has 0 radical (unpaired) electrons. The van der Waals surface area contributed by atoms with Crippen LogP contribution in [0, 0.1) is 0 Å². The number of ether oxygens (including phenoxy) is 1. The van der Waals surface area contributed by atoms with Gasteiger partial charge in [-0.25, -0.2) is 4.79 Å². The molecule has 112 valence electrons. The third kappa shape index (κ3) is 2.16. The highest BCUT2D eigenvalue weighted by Crippen LogP contribution is 2.45. The fraction of sp³-hybridized carbons (Fsp3) is 0.250. The first-order valence-electron chi connectivity index (χ1n) is 7.64. The van der Waals surface area contributed by atoms with Crippen LogP contribution in [-0.2, 0) is 21.6 Å². The Morgan fingerprint density at radius 1 is 1.09 bits per heavy atom. The molecule has 0 fully saturated rings. The van der Waals surface area contributed by atoms with Gasteiger partial charge in [0, 0.05) is 16.7 Å². The normalized spacial score (nSPS) is 14.6. The van der Waals surface area contributed by atoms with Crippen molar-refractivity contribution >= 4 is 5.97 Å². The summed E-state index contributed by atoms with van der Waals surface area (Å²) < 4.78 is 6.00. The number of hydrogen-bond donors (Lipinski definition) is 0. The molecular formula is C20H20O2. The molecule has 2 heteroatoms. The summed E-state index contributed by atoms with van der Waals surface area (Å²) in [5, 5.41) is 0. The minimum Gasteiger partial charge on any atom is -0.446 e. The van der Waals surface area contributed by atoms with E-state index in [0.717, 1.165) is 17.5 Å². The Hall–Kier alpha value is -2.35. The number of benzene rings is 2. The smallest absolute Gasteiger partial charge is 0.334 e. The van der Waals surface area contributed by atoms with Crippen LogP contribution in [0.4, 0.5) is 0 Å². The topological polar surface area (TPSA) is 26.3 Å². The van der Waals surface area contributed by atoms with Crippen LogP contribution >= 0.6 is 0 Å². The van der Waals surface area contributed by atoms with E-state index in [0.29, 0.717) is 12.0 Å². The van der Waals surface area contributed by atoms with Gasteiger partial charge in [-0.05, 0) is 30.9 Å². The Morgan fingerprint density at radius 3 is 2.05 bits per heavy atom. The van der Waals surface area contributed by atoms with Crippen LogP contribution < -0.4 is 0 Å². The fourth-order valence-electron chi connectivity index (χ4n) is 3.30. The molecule has 2 nitrogen and oxygen atoms in total. The summed E-state index contributed by atoms with van der Waals surface area (Å²) in [6.07, 6.45) is 1.57. The van der Waals surface area contributed by atoms with E-state index in [1.54, 1.807) is 6.92 Å². The van der Waals surface area contributed by atoms with E-state index in [-0.39, 0.29) is 5.97 Å². The van der Waals surface area contributed by atoms with Crippen molar-refractivity contribution in [1.82, 2.24) is 0 Å². The molecule has 2 aromatic carbocycles. The summed E-state index contributed by atoms with van der Waals surface area (Å²) in [5.41, 5.74) is 4.32. The second kappa shape index (κ2) is 5.45. The van der Waals surface area contributed by atoms with Crippen molar-refractivity contribution in [2.45, 2.75) is 32.3 Å². The van der Waals surface area contributed by atoms with Crippen molar-refractivity contribution in [3.05, 3.63) is 82.9 Å². The van der Waals surface area contributed by atoms with Gasteiger partial charge in [-0.1, -0.05) is 62.0 Å². The lowest BCUT2D eigenvalue weighted by Gasteiger charge is -2.39. The van der Waals surface area contributed by atoms with Gasteiger partial charge in [0.1, 0.15) is 0 Å². The first kappa shape index (κ1) is 14.6. The monoisotopic (exact) mass is 292 g/mol. The molecule has 1 aliphatic carbocycles. The van der Waals surface area contributed by atoms with Crippen molar-refractivity contribution in [3.63, 3.8) is 0 Å². The van der Waals surface area contributed by atoms with Crippen molar-refractivity contribution in [2.24, 2.45) is 0 Å². The zero-order valence-corrected chi connectivity index (χ0v) is 13.1. The van der Waals surface area contributed by atoms with Crippen LogP contribution in [0.3, 0.4) is 0 Å². The largest absolute Gasteiger partial charge is 0.446 e. The molecule has 1 aliphatic rings. The quantitative estimate of drug-likeness (QED) is 0.620. The second-order valence-electron chi connectivity index (χ2n) is 5.84. The summed E-state index contributed by atoms with van der Waals surface area (Å²) in [5.74, 6) is -0.339. The van der Waals surface area contributed by atoms with Gasteiger partial charge in [-0.2, -0.15) is 0 Å². The maximum atomic E-state index is 12.3. The van der Waals surface area contributed by atoms with E-state index in [2.05, 4.69) is 37.8 Å². The van der Waals surface area contributed by atoms with Gasteiger partial charge in [0.15, 0.2) is 5.60 Å². The van der Waals surface area contributed by atoms with Crippen LogP contribution in [0.25, 0.3) is 0 Å². The number of hydrogen-bond acceptors (Lipinski definition) is 2. The predicted octanol–water partition coefficient (Wildman–Crippen LogP) is 4.36. The van der Waals surface area contributed by atoms with Crippen LogP contribution in [0.15, 0.2) is 60.7 Å². The van der Waals surface area contributed by atoms with Gasteiger partial charge in [-0.3, -0.25) is 0 Å². The summed E-state index contributed by atoms with van der Waals surface area (Å²) in [6.45, 7) is 7.47. The Balaban J connectivity index is 2.23. The summed E-state index contributed by atoms with van der Waals surface area (Å²) in [6, 6.07) is 16.5. The lowest BCUT2D eigenvalue weighted by molar-refractivity contribution is -0.152. The zero-order chi connectivity index (χ0) is 15.7. The van der Waals surface area contributed by atoms with Gasteiger partial charge in [0.25, 0.3) is 0 Å². The Bertz CT molecular complexity index is 697. The molecule has 0 unspecified atom stereocenters. The summed E-state index contributed by atoms with van der Waals surface area (Å²) >= 11 is 0. The van der Waals surface area contributed by atoms with Crippen LogP contribution in [0.2, 0.25) is 0 Å². The van der Waals surface area contributed by atoms with E-state index in [4.69, 9.17) is 4.74 Å². The number of carbonyl (C=O) groups is 1. The standard InChI is InChI=1S/C20H20O2/c1-4-20(22-19(21)14(2)3)17-11-7-5-9-15(17)13-16-10-6-8-12-18(16)20/h5-12H,2,4,13H2,1,3H3. The summed E-state index contributed by atoms with van der Waals surface area (Å²) in [7, 11) is 0. The summed E-state index contributed by atoms with van der Waals surface area (Å²) in [4.78, 5) is 12.3. The van der Waals surface area contributed by atoms with Crippen LogP contribution in [0.1, 0.15) is 42.5 Å². The van der Waals surface area contributed by atoms with E-state index in [1.807, 2.05) is 24.3 Å². The van der Waals surface area contributed by atoms with E-state index in [1.165, 1.54) is 11.1 Å². The van der Waals surface area contributed by atoms with Crippen molar-refractivity contribution in [3.8, 4) is 0 Å². The van der Waals surface area contributed by atoms with Gasteiger partial charge in [0.05, 0.1) is 0 Å². The average molecular weight is 292 g/mol. The maximum absolute atomic E-state index is 12.3. The lowest BCUT2D eigenvalue weighted by atomic mass is 9.73.